The Labute approximate surface area is 145 Å². The van der Waals surface area contributed by atoms with E-state index in [1.54, 1.807) is 12.1 Å². The van der Waals surface area contributed by atoms with Gasteiger partial charge in [0.15, 0.2) is 0 Å². The Bertz CT molecular complexity index is 956. The van der Waals surface area contributed by atoms with Gasteiger partial charge in [-0.3, -0.25) is 4.79 Å². The minimum absolute atomic E-state index is 0.0762. The van der Waals surface area contributed by atoms with Crippen LogP contribution in [-0.2, 0) is 23.0 Å². The Morgan fingerprint density at radius 2 is 2.00 bits per heavy atom. The number of carbonyl (C=O) groups excluding carboxylic acids is 1. The van der Waals surface area contributed by atoms with Crippen LogP contribution in [0.15, 0.2) is 41.3 Å². The van der Waals surface area contributed by atoms with Crippen molar-refractivity contribution in [1.82, 2.24) is 10.0 Å². The van der Waals surface area contributed by atoms with Crippen LogP contribution in [0.2, 0.25) is 5.02 Å². The van der Waals surface area contributed by atoms with E-state index in [9.17, 15) is 13.2 Å². The van der Waals surface area contributed by atoms with Gasteiger partial charge in [0.2, 0.25) is 10.0 Å². The number of aryl methyl sites for hydroxylation is 1. The average molecular weight is 363 g/mol. The van der Waals surface area contributed by atoms with E-state index in [0.717, 1.165) is 24.0 Å². The standard InChI is InChI=1S/C17H15ClN2O3S/c18-13-4-5-14-10(7-13)3-6-15(14)20-17(21)11-1-2-12-9-19-24(22,23)16(12)8-11/h1-2,4-5,7-8,15,19H,3,6,9H2,(H,20,21)/t15-/m1/s1. The molecule has 24 heavy (non-hydrogen) atoms. The minimum Gasteiger partial charge on any atom is -0.345 e. The van der Waals surface area contributed by atoms with E-state index in [2.05, 4.69) is 10.0 Å². The second-order valence-corrected chi connectivity index (χ2v) is 8.23. The molecule has 0 saturated carbocycles. The molecule has 0 radical (unpaired) electrons. The molecule has 5 nitrogen and oxygen atoms in total. The van der Waals surface area contributed by atoms with Gasteiger partial charge < -0.3 is 5.32 Å². The van der Waals surface area contributed by atoms with E-state index in [-0.39, 0.29) is 23.4 Å². The van der Waals surface area contributed by atoms with Crippen LogP contribution in [0.5, 0.6) is 0 Å². The lowest BCUT2D eigenvalue weighted by Gasteiger charge is -2.14. The van der Waals surface area contributed by atoms with Gasteiger partial charge in [-0.25, -0.2) is 13.1 Å². The zero-order valence-electron chi connectivity index (χ0n) is 12.7. The molecule has 0 fully saturated rings. The highest BCUT2D eigenvalue weighted by atomic mass is 35.5. The van der Waals surface area contributed by atoms with Crippen LogP contribution in [0.25, 0.3) is 0 Å². The summed E-state index contributed by atoms with van der Waals surface area (Å²) in [6.45, 7) is 0.274. The molecule has 2 N–H and O–H groups in total. The quantitative estimate of drug-likeness (QED) is 0.862. The Hall–Kier alpha value is -1.89. The third-order valence-electron chi connectivity index (χ3n) is 4.56. The fourth-order valence-corrected chi connectivity index (χ4v) is 4.78. The number of hydrogen-bond donors (Lipinski definition) is 2. The molecule has 2 aromatic carbocycles. The number of carbonyl (C=O) groups is 1. The number of fused-ring (bicyclic) bond motifs is 2. The first-order valence-corrected chi connectivity index (χ1v) is 9.52. The summed E-state index contributed by atoms with van der Waals surface area (Å²) in [7, 11) is -3.49. The summed E-state index contributed by atoms with van der Waals surface area (Å²) in [5, 5.41) is 3.68. The number of rotatable bonds is 2. The molecule has 4 rings (SSSR count). The molecule has 1 heterocycles. The molecule has 1 aliphatic carbocycles. The Kier molecular flexibility index (Phi) is 3.63. The number of sulfonamides is 1. The summed E-state index contributed by atoms with van der Waals surface area (Å²) in [6.07, 6.45) is 1.68. The van der Waals surface area contributed by atoms with Crippen LogP contribution in [0, 0.1) is 0 Å². The van der Waals surface area contributed by atoms with Crippen molar-refractivity contribution in [3.63, 3.8) is 0 Å². The Morgan fingerprint density at radius 3 is 2.83 bits per heavy atom. The number of nitrogens with one attached hydrogen (secondary N) is 2. The lowest BCUT2D eigenvalue weighted by Crippen LogP contribution is -2.27. The molecule has 0 aromatic heterocycles. The molecule has 2 aliphatic rings. The van der Waals surface area contributed by atoms with Crippen LogP contribution >= 0.6 is 11.6 Å². The highest BCUT2D eigenvalue weighted by Gasteiger charge is 2.28. The molecule has 124 valence electrons. The summed E-state index contributed by atoms with van der Waals surface area (Å²) in [5.41, 5.74) is 3.26. The maximum Gasteiger partial charge on any atom is 0.251 e. The van der Waals surface area contributed by atoms with Crippen molar-refractivity contribution in [2.75, 3.05) is 0 Å². The van der Waals surface area contributed by atoms with Gasteiger partial charge in [-0.05, 0) is 53.8 Å². The largest absolute Gasteiger partial charge is 0.345 e. The average Bonchev–Trinajstić information content (AvgIpc) is 3.08. The third kappa shape index (κ3) is 2.60. The number of benzene rings is 2. The molecular weight excluding hydrogens is 348 g/mol. The molecule has 2 aromatic rings. The zero-order chi connectivity index (χ0) is 16.9. The van der Waals surface area contributed by atoms with Crippen molar-refractivity contribution in [3.8, 4) is 0 Å². The number of hydrogen-bond acceptors (Lipinski definition) is 3. The lowest BCUT2D eigenvalue weighted by atomic mass is 10.1. The van der Waals surface area contributed by atoms with Crippen molar-refractivity contribution in [3.05, 3.63) is 63.7 Å². The Morgan fingerprint density at radius 1 is 1.17 bits per heavy atom. The minimum atomic E-state index is -3.49. The van der Waals surface area contributed by atoms with Gasteiger partial charge in [-0.15, -0.1) is 0 Å². The topological polar surface area (TPSA) is 75.3 Å². The highest BCUT2D eigenvalue weighted by molar-refractivity contribution is 7.89. The molecule has 1 amide bonds. The molecule has 0 saturated heterocycles. The number of halogens is 1. The SMILES string of the molecule is O=C(N[C@@H]1CCc2cc(Cl)ccc21)c1ccc2c(c1)S(=O)(=O)NC2. The molecule has 0 unspecified atom stereocenters. The van der Waals surface area contributed by atoms with E-state index in [1.807, 2.05) is 18.2 Å². The maximum absolute atomic E-state index is 12.5. The van der Waals surface area contributed by atoms with Crippen molar-refractivity contribution < 1.29 is 13.2 Å². The molecule has 0 spiro atoms. The summed E-state index contributed by atoms with van der Waals surface area (Å²) < 4.78 is 26.3. The van der Waals surface area contributed by atoms with Crippen molar-refractivity contribution in [2.24, 2.45) is 0 Å². The van der Waals surface area contributed by atoms with Crippen molar-refractivity contribution >= 4 is 27.5 Å². The summed E-state index contributed by atoms with van der Waals surface area (Å²) in [6, 6.07) is 10.4. The summed E-state index contributed by atoms with van der Waals surface area (Å²) >= 11 is 6.00. The maximum atomic E-state index is 12.5. The van der Waals surface area contributed by atoms with Crippen LogP contribution in [0.4, 0.5) is 0 Å². The van der Waals surface area contributed by atoms with Gasteiger partial charge in [0.05, 0.1) is 10.9 Å². The van der Waals surface area contributed by atoms with Gasteiger partial charge >= 0.3 is 0 Å². The molecule has 1 aliphatic heterocycles. The fourth-order valence-electron chi connectivity index (χ4n) is 3.32. The van der Waals surface area contributed by atoms with Crippen molar-refractivity contribution in [1.29, 1.82) is 0 Å². The first kappa shape index (κ1) is 15.6. The predicted molar refractivity (Wildman–Crippen MR) is 90.4 cm³/mol. The van der Waals surface area contributed by atoms with Crippen LogP contribution in [-0.4, -0.2) is 14.3 Å². The van der Waals surface area contributed by atoms with E-state index < -0.39 is 10.0 Å². The smallest absolute Gasteiger partial charge is 0.251 e. The second-order valence-electron chi connectivity index (χ2n) is 6.05. The van der Waals surface area contributed by atoms with Crippen LogP contribution < -0.4 is 10.0 Å². The number of amides is 1. The monoisotopic (exact) mass is 362 g/mol. The highest BCUT2D eigenvalue weighted by Crippen LogP contribution is 2.33. The fraction of sp³-hybridized carbons (Fsp3) is 0.235. The zero-order valence-corrected chi connectivity index (χ0v) is 14.2. The van der Waals surface area contributed by atoms with Gasteiger partial charge in [-0.1, -0.05) is 23.7 Å². The summed E-state index contributed by atoms with van der Waals surface area (Å²) in [4.78, 5) is 12.7. The first-order chi connectivity index (χ1) is 11.4. The molecular formula is C17H15ClN2O3S. The molecule has 7 heteroatoms. The third-order valence-corrected chi connectivity index (χ3v) is 6.28. The van der Waals surface area contributed by atoms with Gasteiger partial charge in [0.25, 0.3) is 5.91 Å². The molecule has 1 atom stereocenters. The van der Waals surface area contributed by atoms with Crippen LogP contribution in [0.1, 0.15) is 39.5 Å². The molecule has 0 bridgehead atoms. The van der Waals surface area contributed by atoms with E-state index in [4.69, 9.17) is 11.6 Å². The lowest BCUT2D eigenvalue weighted by molar-refractivity contribution is 0.0936. The second kappa shape index (κ2) is 5.58. The van der Waals surface area contributed by atoms with Crippen molar-refractivity contribution in [2.45, 2.75) is 30.3 Å². The predicted octanol–water partition coefficient (Wildman–Crippen LogP) is 2.55. The van der Waals surface area contributed by atoms with Crippen LogP contribution in [0.3, 0.4) is 0 Å². The van der Waals surface area contributed by atoms with Gasteiger partial charge in [0.1, 0.15) is 0 Å². The first-order valence-electron chi connectivity index (χ1n) is 7.66. The van der Waals surface area contributed by atoms with Gasteiger partial charge in [-0.2, -0.15) is 0 Å². The van der Waals surface area contributed by atoms with E-state index in [1.165, 1.54) is 6.07 Å². The van der Waals surface area contributed by atoms with Gasteiger partial charge in [0, 0.05) is 17.1 Å². The normalized spacial score (nSPS) is 20.5. The summed E-state index contributed by atoms with van der Waals surface area (Å²) in [5.74, 6) is -0.271. The van der Waals surface area contributed by atoms with E-state index >= 15 is 0 Å². The van der Waals surface area contributed by atoms with E-state index in [0.29, 0.717) is 16.1 Å². The Balaban J connectivity index is 1.59.